The third-order valence-electron chi connectivity index (χ3n) is 3.41. The number of alkyl halides is 3. The SMILES string of the molecule is COC(CC/C(Cl)=C/C1CC1)c1ccnc(C(F)(F)F)c1. The fourth-order valence-electron chi connectivity index (χ4n) is 2.09. The number of ether oxygens (including phenoxy) is 1. The summed E-state index contributed by atoms with van der Waals surface area (Å²) in [6.07, 6.45) is 1.80. The van der Waals surface area contributed by atoms with E-state index in [1.807, 2.05) is 6.08 Å². The molecule has 0 spiro atoms. The number of allylic oxidation sites excluding steroid dienone is 2. The van der Waals surface area contributed by atoms with Crippen LogP contribution in [-0.2, 0) is 10.9 Å². The van der Waals surface area contributed by atoms with Crippen molar-refractivity contribution in [2.45, 2.75) is 38.0 Å². The van der Waals surface area contributed by atoms with Gasteiger partial charge in [0.05, 0.1) is 6.10 Å². The number of rotatable bonds is 6. The van der Waals surface area contributed by atoms with Gasteiger partial charge in [0.1, 0.15) is 5.69 Å². The Balaban J connectivity index is 2.03. The predicted octanol–water partition coefficient (Wildman–Crippen LogP) is 5.10. The van der Waals surface area contributed by atoms with Crippen LogP contribution in [0.15, 0.2) is 29.4 Å². The predicted molar refractivity (Wildman–Crippen MR) is 74.9 cm³/mol. The second kappa shape index (κ2) is 6.79. The van der Waals surface area contributed by atoms with E-state index in [0.717, 1.165) is 17.3 Å². The van der Waals surface area contributed by atoms with E-state index in [1.165, 1.54) is 20.0 Å². The second-order valence-electron chi connectivity index (χ2n) is 5.19. The van der Waals surface area contributed by atoms with Crippen LogP contribution in [0.5, 0.6) is 0 Å². The van der Waals surface area contributed by atoms with Crippen molar-refractivity contribution in [2.24, 2.45) is 5.92 Å². The molecule has 2 rings (SSSR count). The van der Waals surface area contributed by atoms with E-state index in [0.29, 0.717) is 24.3 Å². The summed E-state index contributed by atoms with van der Waals surface area (Å²) < 4.78 is 43.3. The maximum Gasteiger partial charge on any atom is 0.433 e. The molecular weight excluding hydrogens is 303 g/mol. The van der Waals surface area contributed by atoms with Crippen molar-refractivity contribution >= 4 is 11.6 Å². The summed E-state index contributed by atoms with van der Waals surface area (Å²) in [5.74, 6) is 0.580. The van der Waals surface area contributed by atoms with Gasteiger partial charge in [-0.15, -0.1) is 0 Å². The van der Waals surface area contributed by atoms with Crippen molar-refractivity contribution in [2.75, 3.05) is 7.11 Å². The van der Waals surface area contributed by atoms with Crippen LogP contribution in [0.4, 0.5) is 13.2 Å². The minimum atomic E-state index is -4.45. The van der Waals surface area contributed by atoms with Crippen LogP contribution >= 0.6 is 11.6 Å². The molecule has 116 valence electrons. The third-order valence-corrected chi connectivity index (χ3v) is 3.73. The Morgan fingerprint density at radius 3 is 2.81 bits per heavy atom. The van der Waals surface area contributed by atoms with Gasteiger partial charge < -0.3 is 4.74 Å². The molecule has 0 saturated heterocycles. The number of halogens is 4. The van der Waals surface area contributed by atoms with Crippen LogP contribution in [0.2, 0.25) is 0 Å². The van der Waals surface area contributed by atoms with E-state index in [1.54, 1.807) is 6.07 Å². The highest BCUT2D eigenvalue weighted by Crippen LogP contribution is 2.35. The number of nitrogens with zero attached hydrogens (tertiary/aromatic N) is 1. The number of hydrogen-bond donors (Lipinski definition) is 0. The molecule has 1 aromatic heterocycles. The van der Waals surface area contributed by atoms with E-state index in [2.05, 4.69) is 4.98 Å². The zero-order chi connectivity index (χ0) is 15.5. The molecule has 0 amide bonds. The number of hydrogen-bond acceptors (Lipinski definition) is 2. The van der Waals surface area contributed by atoms with Crippen molar-refractivity contribution in [3.05, 3.63) is 40.7 Å². The van der Waals surface area contributed by atoms with Gasteiger partial charge in [-0.3, -0.25) is 4.98 Å². The summed E-state index contributed by atoms with van der Waals surface area (Å²) >= 11 is 6.12. The number of pyridine rings is 1. The highest BCUT2D eigenvalue weighted by Gasteiger charge is 2.33. The van der Waals surface area contributed by atoms with Crippen LogP contribution in [0.25, 0.3) is 0 Å². The molecule has 0 bridgehead atoms. The van der Waals surface area contributed by atoms with Crippen molar-refractivity contribution in [3.63, 3.8) is 0 Å². The van der Waals surface area contributed by atoms with Gasteiger partial charge in [-0.2, -0.15) is 13.2 Å². The van der Waals surface area contributed by atoms with E-state index in [-0.39, 0.29) is 0 Å². The quantitative estimate of drug-likeness (QED) is 0.727. The first kappa shape index (κ1) is 16.3. The minimum Gasteiger partial charge on any atom is -0.377 e. The van der Waals surface area contributed by atoms with Crippen molar-refractivity contribution in [1.82, 2.24) is 4.98 Å². The Kier molecular flexibility index (Phi) is 5.27. The van der Waals surface area contributed by atoms with Crippen LogP contribution in [0, 0.1) is 5.92 Å². The average molecular weight is 320 g/mol. The molecule has 0 aromatic carbocycles. The van der Waals surface area contributed by atoms with Gasteiger partial charge in [0, 0.05) is 18.3 Å². The van der Waals surface area contributed by atoms with Crippen molar-refractivity contribution < 1.29 is 17.9 Å². The molecular formula is C15H17ClF3NO. The normalized spacial score (nSPS) is 17.9. The van der Waals surface area contributed by atoms with E-state index < -0.39 is 18.0 Å². The molecule has 21 heavy (non-hydrogen) atoms. The van der Waals surface area contributed by atoms with Gasteiger partial charge in [0.2, 0.25) is 0 Å². The summed E-state index contributed by atoms with van der Waals surface area (Å²) in [7, 11) is 1.48. The van der Waals surface area contributed by atoms with Crippen LogP contribution in [0.1, 0.15) is 43.0 Å². The maximum atomic E-state index is 12.7. The first-order valence-electron chi connectivity index (χ1n) is 6.82. The summed E-state index contributed by atoms with van der Waals surface area (Å²) in [6, 6.07) is 2.58. The molecule has 1 heterocycles. The molecule has 2 nitrogen and oxygen atoms in total. The summed E-state index contributed by atoms with van der Waals surface area (Å²) in [5, 5.41) is 0.754. The Morgan fingerprint density at radius 2 is 2.24 bits per heavy atom. The van der Waals surface area contributed by atoms with E-state index in [4.69, 9.17) is 16.3 Å². The van der Waals surface area contributed by atoms with Crippen LogP contribution < -0.4 is 0 Å². The highest BCUT2D eigenvalue weighted by atomic mass is 35.5. The van der Waals surface area contributed by atoms with Gasteiger partial charge in [0.15, 0.2) is 0 Å². The Hall–Kier alpha value is -1.07. The maximum absolute atomic E-state index is 12.7. The van der Waals surface area contributed by atoms with Gasteiger partial charge in [-0.1, -0.05) is 17.7 Å². The lowest BCUT2D eigenvalue weighted by Gasteiger charge is -2.17. The van der Waals surface area contributed by atoms with Crippen LogP contribution in [-0.4, -0.2) is 12.1 Å². The minimum absolute atomic E-state index is 0.421. The monoisotopic (exact) mass is 319 g/mol. The first-order valence-corrected chi connectivity index (χ1v) is 7.20. The zero-order valence-electron chi connectivity index (χ0n) is 11.7. The van der Waals surface area contributed by atoms with E-state index in [9.17, 15) is 13.2 Å². The summed E-state index contributed by atoms with van der Waals surface area (Å²) in [4.78, 5) is 3.35. The molecule has 0 radical (unpaired) electrons. The standard InChI is InChI=1S/C15H17ClF3NO/c1-21-13(5-4-12(16)8-10-2-3-10)11-6-7-20-14(9-11)15(17,18)19/h6-10,13H,2-5H2,1H3/b12-8-. The second-order valence-corrected chi connectivity index (χ2v) is 5.67. The fraction of sp³-hybridized carbons (Fsp3) is 0.533. The molecule has 1 aromatic rings. The Bertz CT molecular complexity index is 512. The molecule has 1 unspecified atom stereocenters. The number of aromatic nitrogens is 1. The lowest BCUT2D eigenvalue weighted by Crippen LogP contribution is -2.10. The topological polar surface area (TPSA) is 22.1 Å². The molecule has 1 saturated carbocycles. The smallest absolute Gasteiger partial charge is 0.377 e. The average Bonchev–Trinajstić information content (AvgIpc) is 3.23. The third kappa shape index (κ3) is 5.00. The highest BCUT2D eigenvalue weighted by molar-refractivity contribution is 6.29. The van der Waals surface area contributed by atoms with Gasteiger partial charge in [-0.25, -0.2) is 0 Å². The Labute approximate surface area is 127 Å². The lowest BCUT2D eigenvalue weighted by atomic mass is 10.0. The Morgan fingerprint density at radius 1 is 1.52 bits per heavy atom. The van der Waals surface area contributed by atoms with E-state index >= 15 is 0 Å². The van der Waals surface area contributed by atoms with Crippen molar-refractivity contribution in [3.8, 4) is 0 Å². The van der Waals surface area contributed by atoms with Gasteiger partial charge in [0.25, 0.3) is 0 Å². The molecule has 1 atom stereocenters. The molecule has 1 fully saturated rings. The fourth-order valence-corrected chi connectivity index (χ4v) is 2.38. The van der Waals surface area contributed by atoms with Gasteiger partial charge in [-0.05, 0) is 49.3 Å². The molecule has 1 aliphatic carbocycles. The zero-order valence-corrected chi connectivity index (χ0v) is 12.4. The number of methoxy groups -OCH3 is 1. The largest absolute Gasteiger partial charge is 0.433 e. The summed E-state index contributed by atoms with van der Waals surface area (Å²) in [6.45, 7) is 0. The molecule has 6 heteroatoms. The van der Waals surface area contributed by atoms with Crippen molar-refractivity contribution in [1.29, 1.82) is 0 Å². The summed E-state index contributed by atoms with van der Waals surface area (Å²) in [5.41, 5.74) is -0.433. The van der Waals surface area contributed by atoms with Crippen LogP contribution in [0.3, 0.4) is 0 Å². The first-order chi connectivity index (χ1) is 9.90. The molecule has 0 aliphatic heterocycles. The molecule has 0 N–H and O–H groups in total. The molecule has 1 aliphatic rings. The lowest BCUT2D eigenvalue weighted by molar-refractivity contribution is -0.141. The van der Waals surface area contributed by atoms with Gasteiger partial charge >= 0.3 is 6.18 Å².